The van der Waals surface area contributed by atoms with Gasteiger partial charge in [0.2, 0.25) is 0 Å². The molecular weight excluding hydrogens is 467 g/mol. The van der Waals surface area contributed by atoms with E-state index in [0.29, 0.717) is 28.3 Å². The molecule has 168 valence electrons. The van der Waals surface area contributed by atoms with Gasteiger partial charge in [-0.3, -0.25) is 9.32 Å². The number of thiophene rings is 1. The average Bonchev–Trinajstić information content (AvgIpc) is 3.29. The van der Waals surface area contributed by atoms with E-state index in [-0.39, 0.29) is 17.9 Å². The van der Waals surface area contributed by atoms with Gasteiger partial charge in [-0.2, -0.15) is 0 Å². The summed E-state index contributed by atoms with van der Waals surface area (Å²) < 4.78 is 40.8. The van der Waals surface area contributed by atoms with E-state index < -0.39 is 23.8 Å². The minimum Gasteiger partial charge on any atom is -0.397 e. The molecule has 1 atom stereocenters. The first kappa shape index (κ1) is 23.9. The minimum absolute atomic E-state index is 0.0191. The van der Waals surface area contributed by atoms with Crippen molar-refractivity contribution in [1.82, 2.24) is 0 Å². The van der Waals surface area contributed by atoms with Gasteiger partial charge in [-0.15, -0.1) is 11.3 Å². The summed E-state index contributed by atoms with van der Waals surface area (Å²) in [5.41, 5.74) is 8.71. The Balaban J connectivity index is 1.87. The van der Waals surface area contributed by atoms with Crippen molar-refractivity contribution in [2.75, 3.05) is 29.2 Å². The molecule has 3 aromatic rings. The van der Waals surface area contributed by atoms with Crippen LogP contribution in [0.5, 0.6) is 5.75 Å². The molecule has 1 unspecified atom stereocenters. The standard InChI is InChI=1S/C22H23N2O5PS2/c1-3-32(27,28)12-10-15-13-17(7-9-20(15)29-30(2)26)22(25)24-19-14-16(6-8-18(19)23)21-5-4-11-31-21/h4-9,11,13-14H,3,10,12,23H2,1-2H3/p+1. The monoisotopic (exact) mass is 491 g/mol. The van der Waals surface area contributed by atoms with Crippen LogP contribution in [0.25, 0.3) is 10.4 Å². The number of rotatable bonds is 9. The molecule has 10 heteroatoms. The van der Waals surface area contributed by atoms with Gasteiger partial charge in [-0.25, -0.2) is 8.42 Å². The number of nitrogen functional groups attached to an aromatic ring is 1. The number of carbonyl (C=O) groups is 1. The number of anilines is 2. The lowest BCUT2D eigenvalue weighted by Crippen LogP contribution is -2.15. The number of nitrogens with two attached hydrogens (primary N) is 1. The lowest BCUT2D eigenvalue weighted by molar-refractivity contribution is 0.102. The Kier molecular flexibility index (Phi) is 7.66. The van der Waals surface area contributed by atoms with Gasteiger partial charge in [-0.05, 0) is 58.3 Å². The maximum Gasteiger partial charge on any atom is 0.552 e. The lowest BCUT2D eigenvalue weighted by Gasteiger charge is -2.12. The van der Waals surface area contributed by atoms with E-state index in [2.05, 4.69) is 5.32 Å². The Bertz CT molecular complexity index is 1240. The topological polar surface area (TPSA) is 116 Å². The van der Waals surface area contributed by atoms with Crippen LogP contribution in [0.2, 0.25) is 0 Å². The van der Waals surface area contributed by atoms with Crippen LogP contribution in [0.3, 0.4) is 0 Å². The van der Waals surface area contributed by atoms with Crippen LogP contribution in [-0.4, -0.2) is 32.5 Å². The van der Waals surface area contributed by atoms with Crippen LogP contribution >= 0.6 is 19.4 Å². The summed E-state index contributed by atoms with van der Waals surface area (Å²) in [6.45, 7) is 2.99. The molecule has 0 aliphatic carbocycles. The van der Waals surface area contributed by atoms with Crippen LogP contribution in [0.1, 0.15) is 22.8 Å². The molecule has 0 radical (unpaired) electrons. The molecular formula is C22H24N2O5PS2+. The van der Waals surface area contributed by atoms with Crippen LogP contribution in [0.15, 0.2) is 53.9 Å². The number of amides is 1. The first-order valence-electron chi connectivity index (χ1n) is 9.85. The van der Waals surface area contributed by atoms with Crippen molar-refractivity contribution in [1.29, 1.82) is 0 Å². The smallest absolute Gasteiger partial charge is 0.397 e. The Hall–Kier alpha value is -2.74. The number of hydrogen-bond donors (Lipinski definition) is 2. The maximum atomic E-state index is 12.9. The number of aryl methyl sites for hydroxylation is 1. The fourth-order valence-electron chi connectivity index (χ4n) is 3.01. The van der Waals surface area contributed by atoms with Crippen molar-refractivity contribution in [3.63, 3.8) is 0 Å². The molecule has 0 aliphatic heterocycles. The molecule has 0 aliphatic rings. The van der Waals surface area contributed by atoms with Crippen molar-refractivity contribution in [3.8, 4) is 16.2 Å². The first-order chi connectivity index (χ1) is 15.2. The van der Waals surface area contributed by atoms with Gasteiger partial charge in [0.1, 0.15) is 9.84 Å². The Morgan fingerprint density at radius 2 is 1.97 bits per heavy atom. The van der Waals surface area contributed by atoms with Gasteiger partial charge in [0, 0.05) is 21.8 Å². The first-order valence-corrected chi connectivity index (χ1v) is 14.2. The number of sulfone groups is 1. The normalized spacial score (nSPS) is 11.8. The highest BCUT2D eigenvalue weighted by atomic mass is 32.2. The molecule has 3 rings (SSSR count). The predicted octanol–water partition coefficient (Wildman–Crippen LogP) is 4.98. The van der Waals surface area contributed by atoms with Gasteiger partial charge in [0.05, 0.1) is 17.1 Å². The number of carbonyl (C=O) groups excluding carboxylic acids is 1. The third kappa shape index (κ3) is 6.16. The van der Waals surface area contributed by atoms with Crippen molar-refractivity contribution in [2.45, 2.75) is 13.3 Å². The summed E-state index contributed by atoms with van der Waals surface area (Å²) in [5.74, 6) is -0.172. The largest absolute Gasteiger partial charge is 0.552 e. The minimum atomic E-state index is -3.22. The van der Waals surface area contributed by atoms with Crippen molar-refractivity contribution in [2.24, 2.45) is 0 Å². The van der Waals surface area contributed by atoms with Crippen LogP contribution in [-0.2, 0) is 20.8 Å². The van der Waals surface area contributed by atoms with E-state index in [4.69, 9.17) is 10.3 Å². The fraction of sp³-hybridized carbons (Fsp3) is 0.227. The Morgan fingerprint density at radius 3 is 2.62 bits per heavy atom. The summed E-state index contributed by atoms with van der Waals surface area (Å²) in [6, 6.07) is 14.0. The van der Waals surface area contributed by atoms with Gasteiger partial charge in [-0.1, -0.05) is 19.1 Å². The van der Waals surface area contributed by atoms with Gasteiger partial charge in [0.25, 0.3) is 5.91 Å². The molecule has 0 saturated carbocycles. The average molecular weight is 492 g/mol. The van der Waals surface area contributed by atoms with Crippen LogP contribution < -0.4 is 15.6 Å². The fourth-order valence-corrected chi connectivity index (χ4v) is 5.01. The molecule has 1 amide bonds. The molecule has 0 bridgehead atoms. The summed E-state index contributed by atoms with van der Waals surface area (Å²) in [5, 5.41) is 4.79. The second kappa shape index (κ2) is 10.3. The zero-order valence-electron chi connectivity index (χ0n) is 17.7. The molecule has 7 nitrogen and oxygen atoms in total. The highest BCUT2D eigenvalue weighted by Gasteiger charge is 2.19. The molecule has 32 heavy (non-hydrogen) atoms. The van der Waals surface area contributed by atoms with E-state index in [9.17, 15) is 17.8 Å². The summed E-state index contributed by atoms with van der Waals surface area (Å²) in [7, 11) is -5.16. The number of nitrogens with one attached hydrogen (secondary N) is 1. The maximum absolute atomic E-state index is 12.9. The molecule has 1 aromatic heterocycles. The van der Waals surface area contributed by atoms with Crippen molar-refractivity contribution < 1.29 is 22.3 Å². The van der Waals surface area contributed by atoms with E-state index in [1.807, 2.05) is 29.6 Å². The third-order valence-electron chi connectivity index (χ3n) is 4.78. The van der Waals surface area contributed by atoms with Gasteiger partial charge in [0.15, 0.2) is 12.4 Å². The second-order valence-corrected chi connectivity index (χ2v) is 11.6. The molecule has 1 heterocycles. The summed E-state index contributed by atoms with van der Waals surface area (Å²) in [6.07, 6.45) is 0.145. The Morgan fingerprint density at radius 1 is 1.19 bits per heavy atom. The van der Waals surface area contributed by atoms with E-state index >= 15 is 0 Å². The second-order valence-electron chi connectivity index (χ2n) is 7.07. The molecule has 2 aromatic carbocycles. The van der Waals surface area contributed by atoms with Crippen LogP contribution in [0, 0.1) is 0 Å². The van der Waals surface area contributed by atoms with Crippen molar-refractivity contribution in [3.05, 3.63) is 65.0 Å². The zero-order chi connectivity index (χ0) is 23.3. The predicted molar refractivity (Wildman–Crippen MR) is 131 cm³/mol. The van der Waals surface area contributed by atoms with Gasteiger partial charge >= 0.3 is 8.03 Å². The molecule has 3 N–H and O–H groups in total. The molecule has 0 saturated heterocycles. The summed E-state index contributed by atoms with van der Waals surface area (Å²) in [4.78, 5) is 14.0. The zero-order valence-corrected chi connectivity index (χ0v) is 20.2. The number of hydrogen-bond acceptors (Lipinski definition) is 7. The van der Waals surface area contributed by atoms with E-state index in [0.717, 1.165) is 10.4 Å². The van der Waals surface area contributed by atoms with E-state index in [1.54, 1.807) is 36.5 Å². The third-order valence-corrected chi connectivity index (χ3v) is 7.86. The Labute approximate surface area is 192 Å². The van der Waals surface area contributed by atoms with E-state index in [1.165, 1.54) is 12.7 Å². The SMILES string of the molecule is CCS(=O)(=O)CCc1cc(C(=O)Nc2cc(-c3cccs3)ccc2N)ccc1O[P+](C)=O. The molecule has 0 fully saturated rings. The lowest BCUT2D eigenvalue weighted by atomic mass is 10.1. The quantitative estimate of drug-likeness (QED) is 0.322. The number of benzene rings is 2. The van der Waals surface area contributed by atoms with Crippen molar-refractivity contribution >= 4 is 46.5 Å². The highest BCUT2D eigenvalue weighted by molar-refractivity contribution is 7.91. The molecule has 0 spiro atoms. The summed E-state index contributed by atoms with van der Waals surface area (Å²) >= 11 is 1.58. The highest BCUT2D eigenvalue weighted by Crippen LogP contribution is 2.32. The van der Waals surface area contributed by atoms with Crippen LogP contribution in [0.4, 0.5) is 11.4 Å². The van der Waals surface area contributed by atoms with Gasteiger partial charge < -0.3 is 11.1 Å².